The topological polar surface area (TPSA) is 72.2 Å². The predicted molar refractivity (Wildman–Crippen MR) is 150 cm³/mol. The van der Waals surface area contributed by atoms with E-state index < -0.39 is 0 Å². The first kappa shape index (κ1) is 25.7. The summed E-state index contributed by atoms with van der Waals surface area (Å²) in [6.45, 7) is 6.58. The highest BCUT2D eigenvalue weighted by molar-refractivity contribution is 7.99. The van der Waals surface area contributed by atoms with Crippen LogP contribution in [0.25, 0.3) is 17.1 Å². The molecule has 1 heterocycles. The molecule has 36 heavy (non-hydrogen) atoms. The molecule has 0 spiro atoms. The van der Waals surface area contributed by atoms with Gasteiger partial charge >= 0.3 is 0 Å². The lowest BCUT2D eigenvalue weighted by Crippen LogP contribution is -2.20. The van der Waals surface area contributed by atoms with Crippen molar-refractivity contribution in [2.75, 3.05) is 12.0 Å². The summed E-state index contributed by atoms with van der Waals surface area (Å²) >= 11 is 3.01. The number of carbonyl (C=O) groups is 1. The van der Waals surface area contributed by atoms with Crippen LogP contribution in [-0.4, -0.2) is 38.9 Å². The van der Waals surface area contributed by atoms with Gasteiger partial charge in [0, 0.05) is 16.1 Å². The molecule has 4 rings (SSSR count). The summed E-state index contributed by atoms with van der Waals surface area (Å²) in [7, 11) is 0. The second kappa shape index (κ2) is 11.6. The van der Waals surface area contributed by atoms with Crippen molar-refractivity contribution in [3.05, 3.63) is 90.0 Å². The summed E-state index contributed by atoms with van der Waals surface area (Å²) in [6, 6.07) is 26.3. The fraction of sp³-hybridized carbons (Fsp3) is 0.214. The van der Waals surface area contributed by atoms with Crippen molar-refractivity contribution in [1.82, 2.24) is 20.2 Å². The number of amides is 1. The zero-order valence-electron chi connectivity index (χ0n) is 20.8. The lowest BCUT2D eigenvalue weighted by molar-refractivity contribution is -0.118. The van der Waals surface area contributed by atoms with E-state index in [-0.39, 0.29) is 17.1 Å². The van der Waals surface area contributed by atoms with Gasteiger partial charge in [-0.1, -0.05) is 87.1 Å². The number of aromatic nitrogens is 3. The zero-order valence-corrected chi connectivity index (χ0v) is 22.4. The van der Waals surface area contributed by atoms with Gasteiger partial charge < -0.3 is 0 Å². The molecule has 0 saturated heterocycles. The van der Waals surface area contributed by atoms with E-state index in [0.717, 1.165) is 22.6 Å². The SMILES string of the molecule is CSc1ccc(/C=N/NC(=O)CSc2nnc(-c3ccc(C(C)(C)C)cc3)n2-c2ccccc2)cc1. The van der Waals surface area contributed by atoms with Crippen LogP contribution >= 0.6 is 23.5 Å². The Bertz CT molecular complexity index is 1330. The standard InChI is InChI=1S/C28H29N5OS2/c1-28(2,3)22-14-12-21(13-15-22)26-31-32-27(33(26)23-8-6-5-7-9-23)36-19-25(34)30-29-18-20-10-16-24(35-4)17-11-20/h5-18H,19H2,1-4H3,(H,30,34)/b29-18+. The lowest BCUT2D eigenvalue weighted by Gasteiger charge is -2.19. The highest BCUT2D eigenvalue weighted by Gasteiger charge is 2.19. The summed E-state index contributed by atoms with van der Waals surface area (Å²) in [5, 5.41) is 13.6. The van der Waals surface area contributed by atoms with Crippen LogP contribution in [-0.2, 0) is 10.2 Å². The summed E-state index contributed by atoms with van der Waals surface area (Å²) in [4.78, 5) is 13.6. The molecule has 4 aromatic rings. The molecule has 0 atom stereocenters. The molecule has 0 aliphatic heterocycles. The number of hydrogen-bond acceptors (Lipinski definition) is 6. The van der Waals surface area contributed by atoms with Crippen molar-refractivity contribution in [2.45, 2.75) is 36.2 Å². The molecule has 0 aliphatic carbocycles. The van der Waals surface area contributed by atoms with Gasteiger partial charge in [-0.25, -0.2) is 5.43 Å². The maximum atomic E-state index is 12.5. The van der Waals surface area contributed by atoms with Crippen molar-refractivity contribution < 1.29 is 4.79 Å². The molecule has 1 aromatic heterocycles. The molecule has 6 nitrogen and oxygen atoms in total. The normalized spacial score (nSPS) is 11.7. The van der Waals surface area contributed by atoms with Crippen LogP contribution in [0.2, 0.25) is 0 Å². The van der Waals surface area contributed by atoms with Gasteiger partial charge in [-0.05, 0) is 47.1 Å². The zero-order chi connectivity index (χ0) is 25.5. The van der Waals surface area contributed by atoms with Gasteiger partial charge in [0.05, 0.1) is 12.0 Å². The van der Waals surface area contributed by atoms with Crippen LogP contribution in [0.1, 0.15) is 31.9 Å². The Morgan fingerprint density at radius 1 is 0.972 bits per heavy atom. The molecule has 1 N–H and O–H groups in total. The van der Waals surface area contributed by atoms with E-state index >= 15 is 0 Å². The molecule has 184 valence electrons. The summed E-state index contributed by atoms with van der Waals surface area (Å²) in [5.41, 5.74) is 6.74. The second-order valence-electron chi connectivity index (χ2n) is 9.16. The van der Waals surface area contributed by atoms with Gasteiger partial charge in [0.25, 0.3) is 5.91 Å². The number of para-hydroxylation sites is 1. The number of carbonyl (C=O) groups excluding carboxylic acids is 1. The molecule has 0 radical (unpaired) electrons. The van der Waals surface area contributed by atoms with Crippen LogP contribution < -0.4 is 5.43 Å². The Balaban J connectivity index is 1.49. The number of nitrogens with one attached hydrogen (secondary N) is 1. The van der Waals surface area contributed by atoms with E-state index in [2.05, 4.69) is 65.8 Å². The third-order valence-electron chi connectivity index (χ3n) is 5.51. The van der Waals surface area contributed by atoms with E-state index in [1.54, 1.807) is 18.0 Å². The van der Waals surface area contributed by atoms with Crippen LogP contribution in [0.5, 0.6) is 0 Å². The summed E-state index contributed by atoms with van der Waals surface area (Å²) in [6.07, 6.45) is 3.67. The van der Waals surface area contributed by atoms with Gasteiger partial charge in [-0.15, -0.1) is 22.0 Å². The molecular formula is C28H29N5OS2. The van der Waals surface area contributed by atoms with Gasteiger partial charge in [-0.3, -0.25) is 9.36 Å². The van der Waals surface area contributed by atoms with Crippen LogP contribution in [0.15, 0.2) is 94.0 Å². The fourth-order valence-electron chi connectivity index (χ4n) is 3.51. The first-order valence-electron chi connectivity index (χ1n) is 11.6. The Morgan fingerprint density at radius 2 is 1.67 bits per heavy atom. The maximum absolute atomic E-state index is 12.5. The Kier molecular flexibility index (Phi) is 8.28. The number of hydrogen-bond donors (Lipinski definition) is 1. The van der Waals surface area contributed by atoms with Gasteiger partial charge in [0.1, 0.15) is 0 Å². The molecule has 0 aliphatic rings. The Morgan fingerprint density at radius 3 is 2.31 bits per heavy atom. The first-order chi connectivity index (χ1) is 17.3. The summed E-state index contributed by atoms with van der Waals surface area (Å²) < 4.78 is 1.99. The largest absolute Gasteiger partial charge is 0.272 e. The highest BCUT2D eigenvalue weighted by atomic mass is 32.2. The minimum Gasteiger partial charge on any atom is -0.272 e. The fourth-order valence-corrected chi connectivity index (χ4v) is 4.66. The van der Waals surface area contributed by atoms with Gasteiger partial charge in [-0.2, -0.15) is 5.10 Å². The molecule has 1 amide bonds. The van der Waals surface area contributed by atoms with Crippen LogP contribution in [0.4, 0.5) is 0 Å². The number of nitrogens with zero attached hydrogens (tertiary/aromatic N) is 4. The van der Waals surface area contributed by atoms with Crippen molar-refractivity contribution in [3.63, 3.8) is 0 Å². The van der Waals surface area contributed by atoms with E-state index in [4.69, 9.17) is 0 Å². The van der Waals surface area contributed by atoms with E-state index in [9.17, 15) is 4.79 Å². The van der Waals surface area contributed by atoms with Gasteiger partial charge in [0.2, 0.25) is 0 Å². The van der Waals surface area contributed by atoms with Crippen molar-refractivity contribution in [2.24, 2.45) is 5.10 Å². The molecule has 3 aromatic carbocycles. The number of rotatable bonds is 8. The Hall–Kier alpha value is -3.36. The Labute approximate surface area is 220 Å². The van der Waals surface area contributed by atoms with Crippen molar-refractivity contribution in [1.29, 1.82) is 0 Å². The molecule has 0 unspecified atom stereocenters. The molecule has 8 heteroatoms. The first-order valence-corrected chi connectivity index (χ1v) is 13.8. The number of hydrazone groups is 1. The van der Waals surface area contributed by atoms with Crippen molar-refractivity contribution in [3.8, 4) is 17.1 Å². The molecule has 0 saturated carbocycles. The molecule has 0 bridgehead atoms. The van der Waals surface area contributed by atoms with Gasteiger partial charge in [0.15, 0.2) is 11.0 Å². The van der Waals surface area contributed by atoms with Crippen molar-refractivity contribution >= 4 is 35.6 Å². The van der Waals surface area contributed by atoms with E-state index in [1.807, 2.05) is 65.4 Å². The van der Waals surface area contributed by atoms with Crippen LogP contribution in [0, 0.1) is 0 Å². The number of benzene rings is 3. The van der Waals surface area contributed by atoms with E-state index in [1.165, 1.54) is 22.2 Å². The smallest absolute Gasteiger partial charge is 0.250 e. The third kappa shape index (κ3) is 6.44. The maximum Gasteiger partial charge on any atom is 0.250 e. The molecular weight excluding hydrogens is 486 g/mol. The summed E-state index contributed by atoms with van der Waals surface area (Å²) in [5.74, 6) is 0.684. The number of thioether (sulfide) groups is 2. The lowest BCUT2D eigenvalue weighted by atomic mass is 9.87. The average molecular weight is 516 g/mol. The minimum absolute atomic E-state index is 0.0700. The second-order valence-corrected chi connectivity index (χ2v) is 11.0. The highest BCUT2D eigenvalue weighted by Crippen LogP contribution is 2.30. The predicted octanol–water partition coefficient (Wildman–Crippen LogP) is 6.20. The minimum atomic E-state index is -0.212. The van der Waals surface area contributed by atoms with E-state index in [0.29, 0.717) is 5.16 Å². The van der Waals surface area contributed by atoms with Crippen LogP contribution in [0.3, 0.4) is 0 Å². The molecule has 0 fully saturated rings. The monoisotopic (exact) mass is 515 g/mol. The quantitative estimate of drug-likeness (QED) is 0.172. The average Bonchev–Trinajstić information content (AvgIpc) is 3.32. The third-order valence-corrected chi connectivity index (χ3v) is 7.18.